The number of rotatable bonds is 15. The number of ether oxygens (including phenoxy) is 7. The molecule has 7 heterocycles. The first kappa shape index (κ1) is 46.5. The number of hydrogen-bond acceptors (Lipinski definition) is 12. The Hall–Kier alpha value is -6.19. The van der Waals surface area contributed by atoms with Gasteiger partial charge >= 0.3 is 13.2 Å². The zero-order valence-electron chi connectivity index (χ0n) is 37.5. The summed E-state index contributed by atoms with van der Waals surface area (Å²) in [6.45, 7) is -1.09. The van der Waals surface area contributed by atoms with Crippen molar-refractivity contribution in [3.63, 3.8) is 0 Å². The molecule has 0 radical (unpaired) electrons. The lowest BCUT2D eigenvalue weighted by Crippen LogP contribution is -2.62. The van der Waals surface area contributed by atoms with E-state index in [4.69, 9.17) is 44.8 Å². The van der Waals surface area contributed by atoms with Crippen molar-refractivity contribution < 1.29 is 60.3 Å². The number of nitrogens with zero attached hydrogens (tertiary/aromatic N) is 5. The number of nitrogens with one attached hydrogen (secondary N) is 2. The number of carbonyl (C=O) groups is 2. The molecule has 2 N–H and O–H groups in total. The molecule has 2 aliphatic carbocycles. The van der Waals surface area contributed by atoms with Crippen molar-refractivity contribution in [3.8, 4) is 45.5 Å². The van der Waals surface area contributed by atoms with Gasteiger partial charge in [0.15, 0.2) is 0 Å². The fraction of sp³-hybridized carbons (Fsp3) is 0.417. The highest BCUT2D eigenvalue weighted by atomic mass is 35.5. The molecule has 3 aliphatic heterocycles. The minimum Gasteiger partial charge on any atom is -0.496 e. The lowest BCUT2D eigenvalue weighted by Gasteiger charge is -2.51. The van der Waals surface area contributed by atoms with Crippen LogP contribution in [0.15, 0.2) is 73.3 Å². The summed E-state index contributed by atoms with van der Waals surface area (Å²) in [4.78, 5) is 36.4. The number of pyridine rings is 2. The number of imidazole rings is 2. The SMILES string of the molecule is COc1cc(-c2cnc3cc(C4(Cl)COC4)ccn23)cc(OC(F)F)c1C(=O)NC1CC1.COc1cc(-c2cnc3cc(C4(N5CCOCC5)COC4)ccn23)cc(OC(F)F)c1C(=O)NC1CC1. The normalized spacial score (nSPS) is 18.5. The summed E-state index contributed by atoms with van der Waals surface area (Å²) < 4.78 is 93.3. The Morgan fingerprint density at radius 3 is 1.52 bits per heavy atom. The van der Waals surface area contributed by atoms with Gasteiger partial charge in [-0.15, -0.1) is 11.6 Å². The molecule has 0 atom stereocenters. The molecule has 16 nitrogen and oxygen atoms in total. The molecule has 364 valence electrons. The molecule has 4 aromatic heterocycles. The van der Waals surface area contributed by atoms with Gasteiger partial charge in [-0.3, -0.25) is 23.3 Å². The van der Waals surface area contributed by atoms with Crippen molar-refractivity contribution in [2.24, 2.45) is 0 Å². The molecule has 0 spiro atoms. The zero-order chi connectivity index (χ0) is 48.0. The second-order valence-corrected chi connectivity index (χ2v) is 18.2. The number of morpholine rings is 1. The predicted octanol–water partition coefficient (Wildman–Crippen LogP) is 7.03. The molecule has 2 amide bonds. The molecule has 21 heteroatoms. The van der Waals surface area contributed by atoms with Crippen LogP contribution in [0, 0.1) is 0 Å². The molecular weight excluding hydrogens is 930 g/mol. The summed E-state index contributed by atoms with van der Waals surface area (Å²) in [6, 6.07) is 14.0. The van der Waals surface area contributed by atoms with E-state index in [2.05, 4.69) is 25.5 Å². The molecule has 3 saturated heterocycles. The summed E-state index contributed by atoms with van der Waals surface area (Å²) in [5.74, 6) is -1.23. The van der Waals surface area contributed by atoms with Crippen molar-refractivity contribution in [3.05, 3.63) is 95.6 Å². The van der Waals surface area contributed by atoms with E-state index >= 15 is 0 Å². The van der Waals surface area contributed by atoms with Gasteiger partial charge in [0.2, 0.25) is 0 Å². The van der Waals surface area contributed by atoms with Crippen LogP contribution < -0.4 is 29.6 Å². The summed E-state index contributed by atoms with van der Waals surface area (Å²) in [5.41, 5.74) is 5.33. The van der Waals surface area contributed by atoms with Crippen LogP contribution in [0.4, 0.5) is 17.6 Å². The number of amides is 2. The van der Waals surface area contributed by atoms with Gasteiger partial charge in [-0.05, 0) is 85.3 Å². The molecule has 0 unspecified atom stereocenters. The number of benzene rings is 2. The molecule has 5 aliphatic rings. The first-order valence-electron chi connectivity index (χ1n) is 22.4. The van der Waals surface area contributed by atoms with Crippen LogP contribution in [0.5, 0.6) is 23.0 Å². The van der Waals surface area contributed by atoms with E-state index < -0.39 is 29.9 Å². The highest BCUT2D eigenvalue weighted by Gasteiger charge is 2.46. The Kier molecular flexibility index (Phi) is 12.8. The highest BCUT2D eigenvalue weighted by Crippen LogP contribution is 2.42. The number of carbonyl (C=O) groups excluding carboxylic acids is 2. The van der Waals surface area contributed by atoms with Crippen molar-refractivity contribution in [2.75, 3.05) is 67.0 Å². The molecule has 11 rings (SSSR count). The Morgan fingerprint density at radius 2 is 1.12 bits per heavy atom. The number of fused-ring (bicyclic) bond motifs is 2. The molecule has 5 fully saturated rings. The smallest absolute Gasteiger partial charge is 0.387 e. The Bertz CT molecular complexity index is 2890. The van der Waals surface area contributed by atoms with Crippen molar-refractivity contribution >= 4 is 34.7 Å². The average Bonchev–Trinajstić information content (AvgIpc) is 4.23. The van der Waals surface area contributed by atoms with E-state index in [9.17, 15) is 27.2 Å². The number of aromatic nitrogens is 4. The van der Waals surface area contributed by atoms with Crippen LogP contribution in [0.2, 0.25) is 0 Å². The number of alkyl halides is 5. The molecule has 0 bridgehead atoms. The second kappa shape index (κ2) is 19.0. The summed E-state index contributed by atoms with van der Waals surface area (Å²) >= 11 is 6.55. The van der Waals surface area contributed by atoms with Gasteiger partial charge in [0.1, 0.15) is 50.3 Å². The summed E-state index contributed by atoms with van der Waals surface area (Å²) in [7, 11) is 2.77. The maximum atomic E-state index is 13.3. The van der Waals surface area contributed by atoms with E-state index in [1.165, 1.54) is 26.4 Å². The minimum absolute atomic E-state index is 0.0468. The molecule has 2 saturated carbocycles. The highest BCUT2D eigenvalue weighted by molar-refractivity contribution is 6.24. The van der Waals surface area contributed by atoms with Gasteiger partial charge in [-0.25, -0.2) is 9.97 Å². The third-order valence-corrected chi connectivity index (χ3v) is 13.4. The Morgan fingerprint density at radius 1 is 0.667 bits per heavy atom. The van der Waals surface area contributed by atoms with Crippen molar-refractivity contribution in [2.45, 2.75) is 61.4 Å². The van der Waals surface area contributed by atoms with Gasteiger partial charge in [-0.2, -0.15) is 17.6 Å². The fourth-order valence-corrected chi connectivity index (χ4v) is 9.09. The van der Waals surface area contributed by atoms with Crippen LogP contribution in [-0.4, -0.2) is 128 Å². The zero-order valence-corrected chi connectivity index (χ0v) is 38.3. The average molecular weight is 978 g/mol. The second-order valence-electron chi connectivity index (χ2n) is 17.5. The van der Waals surface area contributed by atoms with E-state index in [1.807, 2.05) is 41.1 Å². The van der Waals surface area contributed by atoms with Gasteiger partial charge < -0.3 is 43.8 Å². The van der Waals surface area contributed by atoms with Gasteiger partial charge in [0.25, 0.3) is 11.8 Å². The predicted molar refractivity (Wildman–Crippen MR) is 242 cm³/mol. The van der Waals surface area contributed by atoms with Gasteiger partial charge in [0.05, 0.1) is 83.2 Å². The number of halogens is 5. The quantitative estimate of drug-likeness (QED) is 0.0801. The first-order valence-corrected chi connectivity index (χ1v) is 22.8. The fourth-order valence-electron chi connectivity index (χ4n) is 8.82. The topological polar surface area (TPSA) is 161 Å². The third kappa shape index (κ3) is 9.35. The number of hydrogen-bond donors (Lipinski definition) is 2. The third-order valence-electron chi connectivity index (χ3n) is 12.9. The van der Waals surface area contributed by atoms with Crippen LogP contribution in [-0.2, 0) is 24.6 Å². The standard InChI is InChI=1S/C26H28F2N4O5.C22H20ClF2N3O4/c1-34-20-10-16(11-21(37-25(27)28)23(20)24(33)30-18-2-3-18)19-13-29-22-12-17(4-5-32(19)22)26(14-36-15-26)31-6-8-35-9-7-31;1-30-16-6-12(7-17(32-21(24)25)19(16)20(29)27-14-2-3-14)15-9-26-18-8-13(4-5-28(15)18)22(23)10-31-11-22/h4-5,10-13,18,25H,2-3,6-9,14-15H2,1H3,(H,30,33);4-9,14,21H,2-3,10-11H2,1H3,(H,27,29). The largest absolute Gasteiger partial charge is 0.496 e. The number of methoxy groups -OCH3 is 2. The van der Waals surface area contributed by atoms with E-state index in [0.29, 0.717) is 73.5 Å². The van der Waals surface area contributed by atoms with Crippen LogP contribution in [0.3, 0.4) is 0 Å². The Balaban J connectivity index is 0.000000162. The van der Waals surface area contributed by atoms with Gasteiger partial charge in [-0.1, -0.05) is 0 Å². The monoisotopic (exact) mass is 977 g/mol. The van der Waals surface area contributed by atoms with Gasteiger partial charge in [0, 0.05) is 48.7 Å². The minimum atomic E-state index is -3.10. The van der Waals surface area contributed by atoms with Crippen LogP contribution in [0.1, 0.15) is 57.5 Å². The first-order chi connectivity index (χ1) is 33.4. The lowest BCUT2D eigenvalue weighted by atomic mass is 9.86. The van der Waals surface area contributed by atoms with E-state index in [-0.39, 0.29) is 51.7 Å². The molecular formula is C48H48ClF4N7O9. The van der Waals surface area contributed by atoms with E-state index in [1.54, 1.807) is 28.9 Å². The van der Waals surface area contributed by atoms with Crippen LogP contribution >= 0.6 is 11.6 Å². The molecule has 2 aromatic carbocycles. The summed E-state index contributed by atoms with van der Waals surface area (Å²) in [6.07, 6.45) is 10.4. The molecule has 69 heavy (non-hydrogen) atoms. The maximum absolute atomic E-state index is 13.3. The van der Waals surface area contributed by atoms with Crippen LogP contribution in [0.25, 0.3) is 33.8 Å². The molecule has 6 aromatic rings. The lowest BCUT2D eigenvalue weighted by molar-refractivity contribution is -0.166. The van der Waals surface area contributed by atoms with E-state index in [0.717, 1.165) is 49.9 Å². The van der Waals surface area contributed by atoms with Crippen molar-refractivity contribution in [1.82, 2.24) is 34.3 Å². The van der Waals surface area contributed by atoms with Crippen molar-refractivity contribution in [1.29, 1.82) is 0 Å². The summed E-state index contributed by atoms with van der Waals surface area (Å²) in [5, 5.41) is 5.61. The Labute approximate surface area is 397 Å². The maximum Gasteiger partial charge on any atom is 0.387 e.